The first-order valence-electron chi connectivity index (χ1n) is 9.70. The maximum Gasteiger partial charge on any atom is 0.466 e. The molecule has 1 atom stereocenters. The van der Waals surface area contributed by atoms with Gasteiger partial charge >= 0.3 is 51.3 Å². The highest BCUT2D eigenvalue weighted by Gasteiger charge is 2.67. The van der Waals surface area contributed by atoms with Gasteiger partial charge in [0.15, 0.2) is 0 Å². The van der Waals surface area contributed by atoms with Gasteiger partial charge in [0, 0.05) is 17.7 Å². The lowest BCUT2D eigenvalue weighted by Crippen LogP contribution is -2.60. The molecule has 0 saturated carbocycles. The molecule has 1 aromatic carbocycles. The van der Waals surface area contributed by atoms with E-state index in [1.54, 1.807) is 0 Å². The molecule has 1 unspecified atom stereocenters. The molecule has 1 rings (SSSR count). The Kier molecular flexibility index (Phi) is 9.62. The fraction of sp³-hybridized carbons (Fsp3) is 0.474. The Hall–Kier alpha value is -2.93. The van der Waals surface area contributed by atoms with Crippen LogP contribution in [-0.2, 0) is 35.4 Å². The molecule has 2 N–H and O–H groups in total. The molecule has 19 heteroatoms. The van der Waals surface area contributed by atoms with Gasteiger partial charge in [0.05, 0.1) is 12.2 Å². The van der Waals surface area contributed by atoms with E-state index in [9.17, 15) is 61.9 Å². The van der Waals surface area contributed by atoms with Crippen LogP contribution in [0, 0.1) is 0 Å². The Balaban J connectivity index is 3.29. The molecule has 0 aliphatic heterocycles. The summed E-state index contributed by atoms with van der Waals surface area (Å²) < 4.78 is 171. The first kappa shape index (κ1) is 33.1. The largest absolute Gasteiger partial charge is 0.466 e. The van der Waals surface area contributed by atoms with Crippen LogP contribution in [0.25, 0.3) is 0 Å². The van der Waals surface area contributed by atoms with Crippen LogP contribution in [0.4, 0.5) is 49.6 Å². The maximum atomic E-state index is 14.0. The van der Waals surface area contributed by atoms with Gasteiger partial charge in [-0.25, -0.2) is 4.79 Å². The van der Waals surface area contributed by atoms with Gasteiger partial charge < -0.3 is 14.8 Å². The van der Waals surface area contributed by atoms with Gasteiger partial charge in [0.25, 0.3) is 0 Å². The number of hydrogen-bond acceptors (Lipinski definition) is 6. The van der Waals surface area contributed by atoms with Crippen molar-refractivity contribution in [3.05, 3.63) is 42.0 Å². The predicted octanol–water partition coefficient (Wildman–Crippen LogP) is 4.93. The van der Waals surface area contributed by atoms with Crippen LogP contribution in [-0.4, -0.2) is 54.6 Å². The average Bonchev–Trinajstić information content (AvgIpc) is 2.73. The minimum atomic E-state index is -6.65. The fourth-order valence-electron chi connectivity index (χ4n) is 2.43. The van der Waals surface area contributed by atoms with E-state index in [0.29, 0.717) is 24.3 Å². The molecule has 0 radical (unpaired) electrons. The summed E-state index contributed by atoms with van der Waals surface area (Å²) in [5, 5.41) is -4.57. The van der Waals surface area contributed by atoms with E-state index >= 15 is 0 Å². The number of amides is 1. The van der Waals surface area contributed by atoms with Crippen molar-refractivity contribution in [3.63, 3.8) is 0 Å². The molecule has 0 saturated heterocycles. The van der Waals surface area contributed by atoms with E-state index in [0.717, 1.165) is 6.92 Å². The summed E-state index contributed by atoms with van der Waals surface area (Å²) >= 11 is 0. The van der Waals surface area contributed by atoms with Crippen LogP contribution in [0.3, 0.4) is 0 Å². The van der Waals surface area contributed by atoms with E-state index in [-0.39, 0.29) is 0 Å². The molecule has 0 aliphatic rings. The van der Waals surface area contributed by atoms with Gasteiger partial charge in [0.1, 0.15) is 0 Å². The quantitative estimate of drug-likeness (QED) is 0.0933. The number of rotatable bonds is 11. The van der Waals surface area contributed by atoms with Crippen molar-refractivity contribution >= 4 is 27.7 Å². The molecule has 38 heavy (non-hydrogen) atoms. The van der Waals surface area contributed by atoms with Crippen LogP contribution < -0.4 is 5.32 Å². The van der Waals surface area contributed by atoms with Crippen molar-refractivity contribution < 1.29 is 75.9 Å². The summed E-state index contributed by atoms with van der Waals surface area (Å²) in [7, 11) is -6.65. The zero-order valence-electron chi connectivity index (χ0n) is 18.7. The monoisotopic (exact) mass is 593 g/mol. The molecule has 216 valence electrons. The summed E-state index contributed by atoms with van der Waals surface area (Å²) in [6.07, 6.45) is -14.6. The van der Waals surface area contributed by atoms with Gasteiger partial charge in [0.2, 0.25) is 0 Å². The molecule has 0 bridgehead atoms. The summed E-state index contributed by atoms with van der Waals surface area (Å²) in [4.78, 5) is 24.4. The SMILES string of the molecule is C=C(C)C(=O)OC(OCCCC(F)(F)C(F)(F)S(=O)(=O)O)(C(=O)Nc1ccc(C(F)(F)F)cc1)C(F)(F)F. The van der Waals surface area contributed by atoms with Crippen LogP contribution in [0.15, 0.2) is 36.4 Å². The zero-order valence-corrected chi connectivity index (χ0v) is 19.5. The second-order valence-corrected chi connectivity index (χ2v) is 8.92. The van der Waals surface area contributed by atoms with E-state index in [1.165, 1.54) is 5.32 Å². The molecule has 0 aliphatic carbocycles. The van der Waals surface area contributed by atoms with Crippen LogP contribution in [0.5, 0.6) is 0 Å². The minimum absolute atomic E-state index is 0.364. The molecule has 8 nitrogen and oxygen atoms in total. The summed E-state index contributed by atoms with van der Waals surface area (Å²) in [5.74, 6) is -14.5. The van der Waals surface area contributed by atoms with E-state index in [4.69, 9.17) is 4.55 Å². The Morgan fingerprint density at radius 2 is 1.47 bits per heavy atom. The van der Waals surface area contributed by atoms with Gasteiger partial charge in [-0.1, -0.05) is 6.58 Å². The lowest BCUT2D eigenvalue weighted by Gasteiger charge is -2.33. The lowest BCUT2D eigenvalue weighted by molar-refractivity contribution is -0.345. The summed E-state index contributed by atoms with van der Waals surface area (Å²) in [6.45, 7) is 2.11. The van der Waals surface area contributed by atoms with Crippen molar-refractivity contribution in [2.24, 2.45) is 0 Å². The normalized spacial score (nSPS) is 14.9. The number of esters is 1. The average molecular weight is 593 g/mol. The number of halogens is 10. The van der Waals surface area contributed by atoms with E-state index in [2.05, 4.69) is 16.1 Å². The standard InChI is InChI=1S/C19H17F10NO7S/c1-10(2)13(31)37-16(18(25,26)27,14(32)30-12-6-4-11(5-7-12)17(22,23)24)36-9-3-8-15(20,21)19(28,29)38(33,34)35/h4-7H,1,3,8-9H2,2H3,(H,30,32)(H,33,34,35). The number of benzene rings is 1. The fourth-order valence-corrected chi connectivity index (χ4v) is 2.91. The number of ether oxygens (including phenoxy) is 2. The smallest absolute Gasteiger partial charge is 0.412 e. The van der Waals surface area contributed by atoms with Crippen molar-refractivity contribution in [2.45, 2.75) is 49.1 Å². The second kappa shape index (κ2) is 11.0. The van der Waals surface area contributed by atoms with Crippen LogP contribution in [0.1, 0.15) is 25.3 Å². The highest BCUT2D eigenvalue weighted by molar-refractivity contribution is 7.87. The number of carbonyl (C=O) groups is 2. The van der Waals surface area contributed by atoms with Gasteiger partial charge in [-0.3, -0.25) is 9.35 Å². The van der Waals surface area contributed by atoms with Gasteiger partial charge in [-0.2, -0.15) is 52.3 Å². The molecule has 1 aromatic rings. The Morgan fingerprint density at radius 3 is 1.87 bits per heavy atom. The van der Waals surface area contributed by atoms with E-state index in [1.807, 2.05) is 0 Å². The number of hydrogen-bond donors (Lipinski definition) is 2. The van der Waals surface area contributed by atoms with Crippen molar-refractivity contribution in [1.29, 1.82) is 0 Å². The second-order valence-electron chi connectivity index (χ2n) is 7.46. The third-order valence-corrected chi connectivity index (χ3v) is 5.36. The van der Waals surface area contributed by atoms with Crippen molar-refractivity contribution in [1.82, 2.24) is 0 Å². The molecule has 0 heterocycles. The lowest BCUT2D eigenvalue weighted by atomic mass is 10.1. The molecule has 0 fully saturated rings. The van der Waals surface area contributed by atoms with Crippen LogP contribution >= 0.6 is 0 Å². The topological polar surface area (TPSA) is 119 Å². The Labute approximate surface area is 207 Å². The maximum absolute atomic E-state index is 14.0. The highest BCUT2D eigenvalue weighted by atomic mass is 32.2. The summed E-state index contributed by atoms with van der Waals surface area (Å²) in [5.41, 5.74) is -2.69. The Bertz CT molecular complexity index is 1150. The molecular formula is C19H17F10NO7S. The number of anilines is 1. The number of alkyl halides is 10. The van der Waals surface area contributed by atoms with Crippen molar-refractivity contribution in [3.8, 4) is 0 Å². The molecular weight excluding hydrogens is 576 g/mol. The number of nitrogens with one attached hydrogen (secondary N) is 1. The van der Waals surface area contributed by atoms with Gasteiger partial charge in [-0.05, 0) is 37.6 Å². The minimum Gasteiger partial charge on any atom is -0.412 e. The van der Waals surface area contributed by atoms with Gasteiger partial charge in [-0.15, -0.1) is 0 Å². The zero-order chi connectivity index (χ0) is 30.0. The van der Waals surface area contributed by atoms with E-state index < -0.39 is 87.6 Å². The highest BCUT2D eigenvalue weighted by Crippen LogP contribution is 2.42. The predicted molar refractivity (Wildman–Crippen MR) is 106 cm³/mol. The Morgan fingerprint density at radius 1 is 0.974 bits per heavy atom. The first-order valence-corrected chi connectivity index (χ1v) is 11.1. The third kappa shape index (κ3) is 7.34. The molecule has 0 aromatic heterocycles. The third-order valence-electron chi connectivity index (χ3n) is 4.42. The summed E-state index contributed by atoms with van der Waals surface area (Å²) in [6, 6.07) is 1.76. The van der Waals surface area contributed by atoms with Crippen molar-refractivity contribution in [2.75, 3.05) is 11.9 Å². The molecule has 0 spiro atoms. The van der Waals surface area contributed by atoms with Crippen LogP contribution in [0.2, 0.25) is 0 Å². The number of carbonyl (C=O) groups excluding carboxylic acids is 2. The molecule has 1 amide bonds. The first-order chi connectivity index (χ1) is 16.9.